The summed E-state index contributed by atoms with van der Waals surface area (Å²) in [6.45, 7) is 2.12. The van der Waals surface area contributed by atoms with E-state index in [4.69, 9.17) is 5.11 Å². The summed E-state index contributed by atoms with van der Waals surface area (Å²) in [5.41, 5.74) is 0.397. The van der Waals surface area contributed by atoms with E-state index >= 15 is 0 Å². The molecular formula is C19H15N3O6S. The third-order valence-corrected chi connectivity index (χ3v) is 5.02. The number of nitro benzene ring substituents is 1. The second kappa shape index (κ2) is 8.15. The van der Waals surface area contributed by atoms with E-state index in [0.29, 0.717) is 27.9 Å². The fraction of sp³-hybridized carbons (Fsp3) is 0.105. The van der Waals surface area contributed by atoms with Crippen LogP contribution in [-0.4, -0.2) is 43.6 Å². The van der Waals surface area contributed by atoms with Gasteiger partial charge in [0.2, 0.25) is 0 Å². The van der Waals surface area contributed by atoms with Gasteiger partial charge in [-0.15, -0.1) is 0 Å². The number of thioether (sulfide) groups is 1. The highest BCUT2D eigenvalue weighted by molar-refractivity contribution is 8.18. The van der Waals surface area contributed by atoms with Gasteiger partial charge >= 0.3 is 11.7 Å². The predicted octanol–water partition coefficient (Wildman–Crippen LogP) is 3.62. The largest absolute Gasteiger partial charge is 0.502 e. The van der Waals surface area contributed by atoms with Crippen molar-refractivity contribution in [3.05, 3.63) is 68.6 Å². The first-order valence-electron chi connectivity index (χ1n) is 8.41. The minimum Gasteiger partial charge on any atom is -0.502 e. The van der Waals surface area contributed by atoms with Crippen LogP contribution in [0.25, 0.3) is 6.08 Å². The van der Waals surface area contributed by atoms with Gasteiger partial charge in [0.1, 0.15) is 0 Å². The van der Waals surface area contributed by atoms with Crippen molar-refractivity contribution in [2.75, 3.05) is 6.54 Å². The molecule has 9 nitrogen and oxygen atoms in total. The molecular weight excluding hydrogens is 398 g/mol. The molecule has 10 heteroatoms. The number of aliphatic imine (C=N–C) groups is 1. The van der Waals surface area contributed by atoms with E-state index in [9.17, 15) is 24.8 Å². The highest BCUT2D eigenvalue weighted by atomic mass is 32.2. The van der Waals surface area contributed by atoms with Crippen LogP contribution < -0.4 is 0 Å². The third kappa shape index (κ3) is 4.27. The van der Waals surface area contributed by atoms with E-state index in [-0.39, 0.29) is 11.5 Å². The van der Waals surface area contributed by atoms with Crippen LogP contribution in [-0.2, 0) is 4.79 Å². The molecule has 2 aromatic rings. The number of phenolic OH excluding ortho intramolecular Hbond substituents is 1. The van der Waals surface area contributed by atoms with Crippen LogP contribution >= 0.6 is 11.8 Å². The fourth-order valence-electron chi connectivity index (χ4n) is 2.62. The van der Waals surface area contributed by atoms with Gasteiger partial charge < -0.3 is 10.2 Å². The molecule has 0 saturated carbocycles. The van der Waals surface area contributed by atoms with Crippen molar-refractivity contribution in [3.63, 3.8) is 0 Å². The normalized spacial score (nSPS) is 16.6. The van der Waals surface area contributed by atoms with Gasteiger partial charge in [0.25, 0.3) is 5.91 Å². The standard InChI is InChI=1S/C19H15N3O6S/c1-2-21-17(24)16(9-11-6-7-15(23)14(8-11)22(27)28)29-19(21)20-13-5-3-4-12(10-13)18(25)26/h3-10,23H,2H2,1H3,(H,25,26). The number of benzene rings is 2. The minimum absolute atomic E-state index is 0.0800. The quantitative estimate of drug-likeness (QED) is 0.434. The molecule has 2 aromatic carbocycles. The van der Waals surface area contributed by atoms with Crippen molar-refractivity contribution in [3.8, 4) is 5.75 Å². The molecule has 0 aliphatic carbocycles. The third-order valence-electron chi connectivity index (χ3n) is 4.02. The van der Waals surface area contributed by atoms with E-state index in [2.05, 4.69) is 4.99 Å². The summed E-state index contributed by atoms with van der Waals surface area (Å²) in [7, 11) is 0. The summed E-state index contributed by atoms with van der Waals surface area (Å²) in [6, 6.07) is 9.87. The zero-order valence-electron chi connectivity index (χ0n) is 15.1. The molecule has 29 heavy (non-hydrogen) atoms. The van der Waals surface area contributed by atoms with Crippen LogP contribution in [0, 0.1) is 10.1 Å². The maximum Gasteiger partial charge on any atom is 0.335 e. The first-order chi connectivity index (χ1) is 13.8. The predicted molar refractivity (Wildman–Crippen MR) is 108 cm³/mol. The second-order valence-electron chi connectivity index (χ2n) is 5.92. The number of hydrogen-bond acceptors (Lipinski definition) is 7. The molecule has 148 valence electrons. The number of aromatic carboxylic acids is 1. The zero-order chi connectivity index (χ0) is 21.1. The number of rotatable bonds is 5. The van der Waals surface area contributed by atoms with E-state index in [0.717, 1.165) is 11.8 Å². The lowest BCUT2D eigenvalue weighted by molar-refractivity contribution is -0.385. The molecule has 0 unspecified atom stereocenters. The SMILES string of the molecule is CCN1C(=O)C(=Cc2ccc(O)c([N+](=O)[O-])c2)SC1=Nc1cccc(C(=O)O)c1. The number of aromatic hydroxyl groups is 1. The number of nitro groups is 1. The first kappa shape index (κ1) is 20.1. The van der Waals surface area contributed by atoms with Crippen molar-refractivity contribution >= 4 is 46.3 Å². The highest BCUT2D eigenvalue weighted by Gasteiger charge is 2.32. The number of hydrogen-bond donors (Lipinski definition) is 2. The summed E-state index contributed by atoms with van der Waals surface area (Å²) in [4.78, 5) is 40.2. The number of carbonyl (C=O) groups is 2. The van der Waals surface area contributed by atoms with Gasteiger partial charge in [-0.3, -0.25) is 19.8 Å². The van der Waals surface area contributed by atoms with Gasteiger partial charge in [0, 0.05) is 12.6 Å². The maximum absolute atomic E-state index is 12.7. The molecule has 2 N–H and O–H groups in total. The second-order valence-corrected chi connectivity index (χ2v) is 6.92. The molecule has 1 aliphatic rings. The van der Waals surface area contributed by atoms with Crippen LogP contribution in [0.3, 0.4) is 0 Å². The molecule has 1 saturated heterocycles. The molecule has 0 radical (unpaired) electrons. The zero-order valence-corrected chi connectivity index (χ0v) is 15.9. The number of carbonyl (C=O) groups excluding carboxylic acids is 1. The van der Waals surface area contributed by atoms with E-state index < -0.39 is 22.3 Å². The smallest absolute Gasteiger partial charge is 0.335 e. The molecule has 3 rings (SSSR count). The van der Waals surface area contributed by atoms with Crippen LogP contribution in [0.2, 0.25) is 0 Å². The maximum atomic E-state index is 12.7. The fourth-order valence-corrected chi connectivity index (χ4v) is 3.68. The minimum atomic E-state index is -1.08. The Kier molecular flexibility index (Phi) is 5.64. The Bertz CT molecular complexity index is 1080. The lowest BCUT2D eigenvalue weighted by Gasteiger charge is -2.12. The van der Waals surface area contributed by atoms with Gasteiger partial charge in [-0.1, -0.05) is 12.1 Å². The van der Waals surface area contributed by atoms with Gasteiger partial charge in [0.05, 0.1) is 21.1 Å². The molecule has 1 heterocycles. The first-order valence-corrected chi connectivity index (χ1v) is 9.22. The topological polar surface area (TPSA) is 133 Å². The summed E-state index contributed by atoms with van der Waals surface area (Å²) in [6.07, 6.45) is 1.48. The van der Waals surface area contributed by atoms with Crippen LogP contribution in [0.5, 0.6) is 5.75 Å². The van der Waals surface area contributed by atoms with Crippen LogP contribution in [0.1, 0.15) is 22.8 Å². The molecule has 0 spiro atoms. The van der Waals surface area contributed by atoms with E-state index in [1.807, 2.05) is 0 Å². The molecule has 0 aromatic heterocycles. The van der Waals surface area contributed by atoms with E-state index in [1.54, 1.807) is 19.1 Å². The van der Waals surface area contributed by atoms with Crippen molar-refractivity contribution in [2.24, 2.45) is 4.99 Å². The Morgan fingerprint density at radius 3 is 2.72 bits per heavy atom. The number of carboxylic acid groups (broad SMARTS) is 1. The summed E-state index contributed by atoms with van der Waals surface area (Å²) in [5.74, 6) is -1.86. The lowest BCUT2D eigenvalue weighted by Crippen LogP contribution is -2.28. The number of likely N-dealkylation sites (N-methyl/N-ethyl adjacent to an activating group) is 1. The molecule has 1 fully saturated rings. The Balaban J connectivity index is 1.96. The van der Waals surface area contributed by atoms with E-state index in [1.165, 1.54) is 41.3 Å². The monoisotopic (exact) mass is 413 g/mol. The number of carboxylic acids is 1. The van der Waals surface area contributed by atoms with Gasteiger partial charge in [-0.25, -0.2) is 9.79 Å². The van der Waals surface area contributed by atoms with Gasteiger partial charge in [0.15, 0.2) is 10.9 Å². The highest BCUT2D eigenvalue weighted by Crippen LogP contribution is 2.35. The Hall–Kier alpha value is -3.66. The molecule has 0 atom stereocenters. The van der Waals surface area contributed by atoms with Crippen molar-refractivity contribution in [2.45, 2.75) is 6.92 Å². The number of amidine groups is 1. The summed E-state index contributed by atoms with van der Waals surface area (Å²) in [5, 5.41) is 30.0. The lowest BCUT2D eigenvalue weighted by atomic mass is 10.1. The van der Waals surface area contributed by atoms with Gasteiger partial charge in [-0.05, 0) is 54.6 Å². The number of phenols is 1. The molecule has 1 aliphatic heterocycles. The average molecular weight is 413 g/mol. The van der Waals surface area contributed by atoms with Crippen LogP contribution in [0.4, 0.5) is 11.4 Å². The summed E-state index contributed by atoms with van der Waals surface area (Å²) < 4.78 is 0. The Labute approximate surface area is 169 Å². The van der Waals surface area contributed by atoms with Crippen LogP contribution in [0.15, 0.2) is 52.4 Å². The Morgan fingerprint density at radius 1 is 1.31 bits per heavy atom. The average Bonchev–Trinajstić information content (AvgIpc) is 2.97. The number of nitrogens with zero attached hydrogens (tertiary/aromatic N) is 3. The van der Waals surface area contributed by atoms with Crippen molar-refractivity contribution in [1.82, 2.24) is 4.90 Å². The van der Waals surface area contributed by atoms with Gasteiger partial charge in [-0.2, -0.15) is 0 Å². The van der Waals surface area contributed by atoms with Crippen molar-refractivity contribution in [1.29, 1.82) is 0 Å². The molecule has 0 bridgehead atoms. The summed E-state index contributed by atoms with van der Waals surface area (Å²) >= 11 is 1.08. The Morgan fingerprint density at radius 2 is 2.07 bits per heavy atom. The van der Waals surface area contributed by atoms with Crippen molar-refractivity contribution < 1.29 is 24.7 Å². The molecule has 1 amide bonds. The number of amides is 1.